The molecule has 15 heavy (non-hydrogen) atoms. The maximum atomic E-state index is 6.10. The lowest BCUT2D eigenvalue weighted by atomic mass is 10.2. The molecule has 0 spiro atoms. The van der Waals surface area contributed by atoms with Gasteiger partial charge in [0, 0.05) is 17.5 Å². The van der Waals surface area contributed by atoms with Crippen molar-refractivity contribution < 1.29 is 0 Å². The van der Waals surface area contributed by atoms with Gasteiger partial charge in [0.25, 0.3) is 0 Å². The van der Waals surface area contributed by atoms with Gasteiger partial charge < -0.3 is 11.1 Å². The Balaban J connectivity index is 2.61. The highest BCUT2D eigenvalue weighted by Crippen LogP contribution is 2.33. The second-order valence-corrected chi connectivity index (χ2v) is 3.84. The van der Waals surface area contributed by atoms with E-state index in [0.717, 1.165) is 23.1 Å². The molecule has 1 aliphatic carbocycles. The lowest BCUT2D eigenvalue weighted by molar-refractivity contribution is 0.965. The highest BCUT2D eigenvalue weighted by molar-refractivity contribution is 5.56. The molecular weight excluding hydrogens is 188 g/mol. The zero-order chi connectivity index (χ0) is 10.8. The number of aromatic nitrogens is 2. The average molecular weight is 204 g/mol. The van der Waals surface area contributed by atoms with E-state index in [1.54, 1.807) is 6.20 Å². The van der Waals surface area contributed by atoms with Crippen LogP contribution in [0.2, 0.25) is 0 Å². The molecule has 0 radical (unpaired) electrons. The van der Waals surface area contributed by atoms with Crippen LogP contribution in [0.4, 0.5) is 5.69 Å². The summed E-state index contributed by atoms with van der Waals surface area (Å²) in [5, 5.41) is 12.7. The van der Waals surface area contributed by atoms with Crippen molar-refractivity contribution in [2.24, 2.45) is 11.7 Å². The van der Waals surface area contributed by atoms with E-state index in [2.05, 4.69) is 22.1 Å². The summed E-state index contributed by atoms with van der Waals surface area (Å²) in [5.74, 6) is 0.520. The third-order valence-corrected chi connectivity index (χ3v) is 2.60. The molecule has 4 heteroatoms. The van der Waals surface area contributed by atoms with E-state index in [0.29, 0.717) is 11.3 Å². The first-order valence-electron chi connectivity index (χ1n) is 5.28. The topological polar surface area (TPSA) is 63.8 Å². The van der Waals surface area contributed by atoms with Crippen molar-refractivity contribution in [2.75, 3.05) is 11.9 Å². The summed E-state index contributed by atoms with van der Waals surface area (Å²) in [6.07, 6.45) is 4.07. The molecule has 0 amide bonds. The molecule has 0 atom stereocenters. The molecule has 0 unspecified atom stereocenters. The number of nitrogens with one attached hydrogen (secondary N) is 1. The third kappa shape index (κ3) is 1.93. The van der Waals surface area contributed by atoms with Crippen molar-refractivity contribution in [2.45, 2.75) is 19.8 Å². The molecule has 4 nitrogen and oxygen atoms in total. The Morgan fingerprint density at radius 1 is 1.67 bits per heavy atom. The minimum absolute atomic E-state index is 0.520. The van der Waals surface area contributed by atoms with Crippen molar-refractivity contribution in [3.05, 3.63) is 16.8 Å². The molecule has 1 heterocycles. The highest BCUT2D eigenvalue weighted by atomic mass is 15.1. The van der Waals surface area contributed by atoms with Crippen LogP contribution in [0.1, 0.15) is 19.8 Å². The number of nitrogens with zero attached hydrogens (tertiary/aromatic N) is 2. The molecular formula is C11H16N4. The summed E-state index contributed by atoms with van der Waals surface area (Å²) in [6, 6.07) is 0. The van der Waals surface area contributed by atoms with Crippen LogP contribution in [0.3, 0.4) is 0 Å². The van der Waals surface area contributed by atoms with Gasteiger partial charge in [0.1, 0.15) is 0 Å². The number of hydrogen-bond acceptors (Lipinski definition) is 4. The van der Waals surface area contributed by atoms with Crippen LogP contribution < -0.4 is 21.6 Å². The van der Waals surface area contributed by atoms with Crippen molar-refractivity contribution >= 4 is 18.0 Å². The first kappa shape index (κ1) is 9.96. The second-order valence-electron chi connectivity index (χ2n) is 3.84. The second kappa shape index (κ2) is 3.88. The van der Waals surface area contributed by atoms with Gasteiger partial charge in [-0.15, -0.1) is 0 Å². The first-order valence-corrected chi connectivity index (χ1v) is 5.28. The standard InChI is InChI=1S/C11H16N4/c1-3-13-9-6-14-15-7(2)10(9)11(12)8-4-5-8/h6,8,13H,2-5,12H2,1H3. The van der Waals surface area contributed by atoms with Crippen LogP contribution in [0.15, 0.2) is 6.20 Å². The number of nitrogens with two attached hydrogens (primary N) is 1. The number of anilines is 1. The molecule has 1 aliphatic rings. The van der Waals surface area contributed by atoms with E-state index >= 15 is 0 Å². The van der Waals surface area contributed by atoms with Crippen molar-refractivity contribution in [1.29, 1.82) is 0 Å². The molecule has 1 aromatic heterocycles. The predicted octanol–water partition coefficient (Wildman–Crippen LogP) is -0.204. The Kier molecular flexibility index (Phi) is 2.58. The zero-order valence-corrected chi connectivity index (χ0v) is 8.95. The molecule has 1 aromatic rings. The fourth-order valence-electron chi connectivity index (χ4n) is 1.67. The van der Waals surface area contributed by atoms with Gasteiger partial charge in [-0.25, -0.2) is 0 Å². The van der Waals surface area contributed by atoms with E-state index in [1.807, 2.05) is 6.92 Å². The average Bonchev–Trinajstić information content (AvgIpc) is 3.01. The van der Waals surface area contributed by atoms with Gasteiger partial charge in [0.05, 0.1) is 17.2 Å². The van der Waals surface area contributed by atoms with Gasteiger partial charge in [-0.2, -0.15) is 10.2 Å². The smallest absolute Gasteiger partial charge is 0.0896 e. The summed E-state index contributed by atoms with van der Waals surface area (Å²) in [4.78, 5) is 0. The van der Waals surface area contributed by atoms with Crippen LogP contribution in [0.5, 0.6) is 0 Å². The van der Waals surface area contributed by atoms with E-state index in [-0.39, 0.29) is 0 Å². The maximum Gasteiger partial charge on any atom is 0.0896 e. The molecule has 1 fully saturated rings. The molecule has 0 aromatic carbocycles. The Hall–Kier alpha value is -1.58. The molecule has 1 saturated carbocycles. The van der Waals surface area contributed by atoms with Crippen LogP contribution >= 0.6 is 0 Å². The Labute approximate surface area is 88.9 Å². The molecule has 80 valence electrons. The Bertz CT molecular complexity index is 462. The van der Waals surface area contributed by atoms with E-state index in [9.17, 15) is 0 Å². The summed E-state index contributed by atoms with van der Waals surface area (Å²) >= 11 is 0. The lowest BCUT2D eigenvalue weighted by Gasteiger charge is -2.06. The fourth-order valence-corrected chi connectivity index (χ4v) is 1.67. The SMILES string of the molecule is C=c1nncc(NCC)c1=C(N)C1CC1. The molecule has 0 saturated heterocycles. The van der Waals surface area contributed by atoms with Crippen molar-refractivity contribution in [3.63, 3.8) is 0 Å². The summed E-state index contributed by atoms with van der Waals surface area (Å²) < 4.78 is 0. The van der Waals surface area contributed by atoms with Gasteiger partial charge in [-0.1, -0.05) is 6.58 Å². The lowest BCUT2D eigenvalue weighted by Crippen LogP contribution is -2.35. The van der Waals surface area contributed by atoms with Crippen LogP contribution in [0.25, 0.3) is 12.3 Å². The summed E-state index contributed by atoms with van der Waals surface area (Å²) in [6.45, 7) is 6.77. The van der Waals surface area contributed by atoms with Gasteiger partial charge in [-0.3, -0.25) is 0 Å². The maximum absolute atomic E-state index is 6.10. The molecule has 0 bridgehead atoms. The van der Waals surface area contributed by atoms with E-state index in [4.69, 9.17) is 5.73 Å². The third-order valence-electron chi connectivity index (χ3n) is 2.60. The van der Waals surface area contributed by atoms with Gasteiger partial charge in [0.2, 0.25) is 0 Å². The first-order chi connectivity index (χ1) is 7.24. The van der Waals surface area contributed by atoms with Crippen LogP contribution in [0, 0.1) is 5.92 Å². The fraction of sp³-hybridized carbons (Fsp3) is 0.455. The zero-order valence-electron chi connectivity index (χ0n) is 8.95. The number of rotatable bonds is 3. The van der Waals surface area contributed by atoms with Crippen molar-refractivity contribution in [1.82, 2.24) is 10.2 Å². The predicted molar refractivity (Wildman–Crippen MR) is 61.3 cm³/mol. The minimum Gasteiger partial charge on any atom is -0.401 e. The summed E-state index contributed by atoms with van der Waals surface area (Å²) in [7, 11) is 0. The van der Waals surface area contributed by atoms with E-state index in [1.165, 1.54) is 12.8 Å². The van der Waals surface area contributed by atoms with Crippen LogP contribution in [-0.2, 0) is 0 Å². The molecule has 3 N–H and O–H groups in total. The molecule has 0 aliphatic heterocycles. The quantitative estimate of drug-likeness (QED) is 0.715. The molecule has 2 rings (SSSR count). The minimum atomic E-state index is 0.520. The monoisotopic (exact) mass is 204 g/mol. The van der Waals surface area contributed by atoms with Crippen LogP contribution in [-0.4, -0.2) is 16.7 Å². The normalized spacial score (nSPS) is 17.4. The number of hydrogen-bond donors (Lipinski definition) is 2. The van der Waals surface area contributed by atoms with Gasteiger partial charge >= 0.3 is 0 Å². The Morgan fingerprint density at radius 3 is 3.00 bits per heavy atom. The summed E-state index contributed by atoms with van der Waals surface area (Å²) in [5.41, 5.74) is 7.96. The largest absolute Gasteiger partial charge is 0.401 e. The Morgan fingerprint density at radius 2 is 2.40 bits per heavy atom. The van der Waals surface area contributed by atoms with Gasteiger partial charge in [-0.05, 0) is 25.7 Å². The highest BCUT2D eigenvalue weighted by Gasteiger charge is 2.25. The van der Waals surface area contributed by atoms with Crippen molar-refractivity contribution in [3.8, 4) is 0 Å². The van der Waals surface area contributed by atoms with E-state index < -0.39 is 0 Å². The van der Waals surface area contributed by atoms with Gasteiger partial charge in [0.15, 0.2) is 0 Å².